The van der Waals surface area contributed by atoms with Gasteiger partial charge in [-0.25, -0.2) is 9.59 Å². The standard InChI is InChI=1S/C23H25BrClN5O5/c1-11(2)18-19(12(3)4-5-27-18)30-15-8-14(24)17(25)20(16(15)21(31)28-22(30)32)35-10-13-9-29(23(33)34)7-6-26-13/h4-5,8,11,13,26H,6-7,9-10H2,1-3H3,(H,33,34)(H,28,31,32). The van der Waals surface area contributed by atoms with Crippen molar-refractivity contribution in [3.8, 4) is 11.4 Å². The molecule has 10 nitrogen and oxygen atoms in total. The number of piperazine rings is 1. The summed E-state index contributed by atoms with van der Waals surface area (Å²) in [4.78, 5) is 45.7. The van der Waals surface area contributed by atoms with Crippen molar-refractivity contribution < 1.29 is 14.6 Å². The number of rotatable bonds is 5. The number of H-pyrrole nitrogens is 1. The Morgan fingerprint density at radius 2 is 2.14 bits per heavy atom. The Morgan fingerprint density at radius 1 is 1.40 bits per heavy atom. The number of ether oxygens (including phenoxy) is 1. The molecule has 3 aromatic rings. The number of amides is 1. The second kappa shape index (κ2) is 10.00. The molecule has 0 aliphatic carbocycles. The molecule has 186 valence electrons. The number of aromatic nitrogens is 3. The molecule has 1 fully saturated rings. The van der Waals surface area contributed by atoms with Crippen LogP contribution in [0.3, 0.4) is 0 Å². The first-order valence-corrected chi connectivity index (χ1v) is 12.2. The largest absolute Gasteiger partial charge is 0.489 e. The van der Waals surface area contributed by atoms with Crippen LogP contribution in [0.15, 0.2) is 32.4 Å². The van der Waals surface area contributed by atoms with Gasteiger partial charge in [0, 0.05) is 30.3 Å². The van der Waals surface area contributed by atoms with E-state index in [1.54, 1.807) is 18.3 Å². The first-order chi connectivity index (χ1) is 16.6. The van der Waals surface area contributed by atoms with Gasteiger partial charge in [0.1, 0.15) is 12.0 Å². The van der Waals surface area contributed by atoms with Gasteiger partial charge in [-0.15, -0.1) is 0 Å². The van der Waals surface area contributed by atoms with Crippen molar-refractivity contribution in [2.45, 2.75) is 32.7 Å². The van der Waals surface area contributed by atoms with E-state index in [0.29, 0.717) is 34.5 Å². The zero-order valence-corrected chi connectivity index (χ0v) is 21.7. The number of nitrogens with zero attached hydrogens (tertiary/aromatic N) is 3. The van der Waals surface area contributed by atoms with Crippen LogP contribution in [0.25, 0.3) is 16.6 Å². The third kappa shape index (κ3) is 4.80. The molecule has 1 aliphatic rings. The minimum atomic E-state index is -1.00. The van der Waals surface area contributed by atoms with Gasteiger partial charge in [0.15, 0.2) is 5.75 Å². The fraction of sp³-hybridized carbons (Fsp3) is 0.391. The average Bonchev–Trinajstić information content (AvgIpc) is 2.80. The number of hydrogen-bond donors (Lipinski definition) is 3. The summed E-state index contributed by atoms with van der Waals surface area (Å²) in [5.41, 5.74) is 1.17. The molecule has 0 radical (unpaired) electrons. The molecule has 1 amide bonds. The van der Waals surface area contributed by atoms with E-state index in [1.165, 1.54) is 9.47 Å². The Balaban J connectivity index is 1.88. The summed E-state index contributed by atoms with van der Waals surface area (Å²) in [6, 6.07) is 3.11. The molecule has 3 heterocycles. The molecular weight excluding hydrogens is 542 g/mol. The number of aryl methyl sites for hydroxylation is 1. The average molecular weight is 567 g/mol. The summed E-state index contributed by atoms with van der Waals surface area (Å²) < 4.78 is 7.89. The number of carboxylic acid groups (broad SMARTS) is 1. The predicted molar refractivity (Wildman–Crippen MR) is 136 cm³/mol. The molecule has 0 bridgehead atoms. The van der Waals surface area contributed by atoms with E-state index in [1.807, 2.05) is 20.8 Å². The molecule has 1 saturated heterocycles. The maximum Gasteiger partial charge on any atom is 0.407 e. The predicted octanol–water partition coefficient (Wildman–Crippen LogP) is 3.25. The number of hydrogen-bond acceptors (Lipinski definition) is 6. The smallest absolute Gasteiger partial charge is 0.407 e. The SMILES string of the molecule is Cc1ccnc(C(C)C)c1-n1c(=O)[nH]c(=O)c2c(OCC3CN(C(=O)O)CCN3)c(Cl)c(Br)cc21. The van der Waals surface area contributed by atoms with E-state index >= 15 is 0 Å². The number of carbonyl (C=O) groups is 1. The number of benzene rings is 1. The van der Waals surface area contributed by atoms with Crippen LogP contribution in [0.5, 0.6) is 5.75 Å². The van der Waals surface area contributed by atoms with Gasteiger partial charge in [-0.1, -0.05) is 25.4 Å². The van der Waals surface area contributed by atoms with Crippen LogP contribution in [0.1, 0.15) is 31.0 Å². The minimum absolute atomic E-state index is 0.0137. The summed E-state index contributed by atoms with van der Waals surface area (Å²) in [5.74, 6) is 0.118. The Labute approximate surface area is 214 Å². The first kappa shape index (κ1) is 25.2. The molecule has 1 aromatic carbocycles. The second-order valence-electron chi connectivity index (χ2n) is 8.70. The molecule has 35 heavy (non-hydrogen) atoms. The van der Waals surface area contributed by atoms with Crippen LogP contribution < -0.4 is 21.3 Å². The lowest BCUT2D eigenvalue weighted by Gasteiger charge is -2.31. The van der Waals surface area contributed by atoms with E-state index < -0.39 is 17.3 Å². The molecule has 0 saturated carbocycles. The molecule has 1 unspecified atom stereocenters. The van der Waals surface area contributed by atoms with Gasteiger partial charge in [-0.05, 0) is 46.5 Å². The van der Waals surface area contributed by atoms with Crippen molar-refractivity contribution in [1.82, 2.24) is 24.8 Å². The Bertz CT molecular complexity index is 1420. The zero-order valence-electron chi connectivity index (χ0n) is 19.4. The van der Waals surface area contributed by atoms with E-state index in [-0.39, 0.29) is 41.3 Å². The number of nitrogens with one attached hydrogen (secondary N) is 2. The number of aromatic amines is 1. The number of fused-ring (bicyclic) bond motifs is 1. The fourth-order valence-electron chi connectivity index (χ4n) is 4.25. The summed E-state index contributed by atoms with van der Waals surface area (Å²) in [5, 5.41) is 12.8. The van der Waals surface area contributed by atoms with Crippen LogP contribution in [-0.2, 0) is 0 Å². The maximum absolute atomic E-state index is 13.1. The van der Waals surface area contributed by atoms with Crippen LogP contribution in [-0.4, -0.2) is 62.9 Å². The highest BCUT2D eigenvalue weighted by Gasteiger charge is 2.26. The summed E-state index contributed by atoms with van der Waals surface area (Å²) in [6.45, 7) is 6.97. The molecule has 1 aliphatic heterocycles. The Kier molecular flexibility index (Phi) is 7.20. The van der Waals surface area contributed by atoms with Gasteiger partial charge in [-0.3, -0.25) is 19.3 Å². The first-order valence-electron chi connectivity index (χ1n) is 11.1. The van der Waals surface area contributed by atoms with Crippen molar-refractivity contribution in [3.63, 3.8) is 0 Å². The molecule has 2 aromatic heterocycles. The van der Waals surface area contributed by atoms with Crippen LogP contribution in [0.2, 0.25) is 5.02 Å². The monoisotopic (exact) mass is 565 g/mol. The van der Waals surface area contributed by atoms with Crippen molar-refractivity contribution in [3.05, 3.63) is 59.9 Å². The van der Waals surface area contributed by atoms with Gasteiger partial charge in [0.25, 0.3) is 5.56 Å². The highest BCUT2D eigenvalue weighted by atomic mass is 79.9. The van der Waals surface area contributed by atoms with Gasteiger partial charge < -0.3 is 20.1 Å². The number of halogens is 2. The zero-order chi connectivity index (χ0) is 25.4. The summed E-state index contributed by atoms with van der Waals surface area (Å²) in [7, 11) is 0. The Hall–Kier alpha value is -2.89. The third-order valence-electron chi connectivity index (χ3n) is 5.93. The quantitative estimate of drug-likeness (QED) is 0.432. The van der Waals surface area contributed by atoms with Crippen LogP contribution in [0, 0.1) is 6.92 Å². The third-order valence-corrected chi connectivity index (χ3v) is 7.16. The van der Waals surface area contributed by atoms with Gasteiger partial charge in [-0.2, -0.15) is 0 Å². The van der Waals surface area contributed by atoms with Crippen LogP contribution in [0.4, 0.5) is 4.79 Å². The molecule has 0 spiro atoms. The highest BCUT2D eigenvalue weighted by molar-refractivity contribution is 9.10. The van der Waals surface area contributed by atoms with Gasteiger partial charge in [0.2, 0.25) is 0 Å². The topological polar surface area (TPSA) is 130 Å². The van der Waals surface area contributed by atoms with E-state index in [0.717, 1.165) is 5.56 Å². The lowest BCUT2D eigenvalue weighted by atomic mass is 10.0. The Morgan fingerprint density at radius 3 is 2.83 bits per heavy atom. The van der Waals surface area contributed by atoms with Crippen molar-refractivity contribution >= 4 is 44.5 Å². The van der Waals surface area contributed by atoms with Crippen molar-refractivity contribution in [2.24, 2.45) is 0 Å². The second-order valence-corrected chi connectivity index (χ2v) is 9.93. The molecule has 1 atom stereocenters. The van der Waals surface area contributed by atoms with E-state index in [9.17, 15) is 19.5 Å². The maximum atomic E-state index is 13.1. The number of pyridine rings is 1. The van der Waals surface area contributed by atoms with Gasteiger partial charge in [0.05, 0.1) is 28.0 Å². The van der Waals surface area contributed by atoms with E-state index in [2.05, 4.69) is 31.2 Å². The summed E-state index contributed by atoms with van der Waals surface area (Å²) >= 11 is 9.97. The van der Waals surface area contributed by atoms with Crippen molar-refractivity contribution in [2.75, 3.05) is 26.2 Å². The van der Waals surface area contributed by atoms with Crippen LogP contribution >= 0.6 is 27.5 Å². The van der Waals surface area contributed by atoms with Gasteiger partial charge >= 0.3 is 11.8 Å². The lowest BCUT2D eigenvalue weighted by Crippen LogP contribution is -2.54. The molecule has 4 rings (SSSR count). The molecule has 3 N–H and O–H groups in total. The molecule has 12 heteroatoms. The van der Waals surface area contributed by atoms with E-state index in [4.69, 9.17) is 16.3 Å². The fourth-order valence-corrected chi connectivity index (χ4v) is 4.85. The highest BCUT2D eigenvalue weighted by Crippen LogP contribution is 2.38. The normalized spacial score (nSPS) is 16.2. The summed E-state index contributed by atoms with van der Waals surface area (Å²) in [6.07, 6.45) is 0.683. The molecular formula is C23H25BrClN5O5. The lowest BCUT2D eigenvalue weighted by molar-refractivity contribution is 0.118. The van der Waals surface area contributed by atoms with Crippen molar-refractivity contribution in [1.29, 1.82) is 0 Å². The minimum Gasteiger partial charge on any atom is -0.489 e.